The molecule has 1 aliphatic heterocycles. The summed E-state index contributed by atoms with van der Waals surface area (Å²) >= 11 is 1.60. The predicted molar refractivity (Wildman–Crippen MR) is 97.5 cm³/mol. The summed E-state index contributed by atoms with van der Waals surface area (Å²) in [6.45, 7) is 0.818. The summed E-state index contributed by atoms with van der Waals surface area (Å²) < 4.78 is 5.62. The van der Waals surface area contributed by atoms with Crippen molar-refractivity contribution in [3.8, 4) is 0 Å². The van der Waals surface area contributed by atoms with Crippen LogP contribution in [0.5, 0.6) is 0 Å². The highest BCUT2D eigenvalue weighted by Crippen LogP contribution is 2.26. The van der Waals surface area contributed by atoms with E-state index in [1.165, 1.54) is 0 Å². The van der Waals surface area contributed by atoms with E-state index in [-0.39, 0.29) is 17.9 Å². The zero-order valence-electron chi connectivity index (χ0n) is 13.7. The van der Waals surface area contributed by atoms with Crippen molar-refractivity contribution in [2.24, 2.45) is 0 Å². The number of thioether (sulfide) groups is 1. The molecule has 1 atom stereocenters. The highest BCUT2D eigenvalue weighted by Gasteiger charge is 2.18. The van der Waals surface area contributed by atoms with Gasteiger partial charge in [0.05, 0.1) is 11.7 Å². The highest BCUT2D eigenvalue weighted by atomic mass is 32.2. The van der Waals surface area contributed by atoms with E-state index in [0.29, 0.717) is 11.1 Å². The number of amides is 2. The van der Waals surface area contributed by atoms with Crippen LogP contribution in [0.2, 0.25) is 0 Å². The molecule has 130 valence electrons. The summed E-state index contributed by atoms with van der Waals surface area (Å²) in [6.07, 6.45) is 2.41. The van der Waals surface area contributed by atoms with Gasteiger partial charge in [-0.1, -0.05) is 30.3 Å². The Morgan fingerprint density at radius 1 is 1.00 bits per heavy atom. The van der Waals surface area contributed by atoms with Gasteiger partial charge in [-0.15, -0.1) is 11.8 Å². The lowest BCUT2D eigenvalue weighted by atomic mass is 10.2. The maximum Gasteiger partial charge on any atom is 0.270 e. The molecule has 1 heterocycles. The zero-order valence-corrected chi connectivity index (χ0v) is 14.6. The fourth-order valence-electron chi connectivity index (χ4n) is 2.58. The van der Waals surface area contributed by atoms with Crippen LogP contribution in [0.3, 0.4) is 0 Å². The van der Waals surface area contributed by atoms with E-state index in [1.807, 2.05) is 24.3 Å². The van der Waals surface area contributed by atoms with Gasteiger partial charge < -0.3 is 4.74 Å². The SMILES string of the molecule is O=C(NNC(=O)c1ccccc1SCC1CCCO1)c1ccccc1. The van der Waals surface area contributed by atoms with Gasteiger partial charge in [0.25, 0.3) is 11.8 Å². The molecule has 2 aromatic rings. The minimum Gasteiger partial charge on any atom is -0.377 e. The Morgan fingerprint density at radius 2 is 1.72 bits per heavy atom. The Labute approximate surface area is 151 Å². The van der Waals surface area contributed by atoms with E-state index in [0.717, 1.165) is 30.1 Å². The van der Waals surface area contributed by atoms with Crippen molar-refractivity contribution < 1.29 is 14.3 Å². The average molecular weight is 356 g/mol. The molecular weight excluding hydrogens is 336 g/mol. The maximum atomic E-state index is 12.4. The first kappa shape index (κ1) is 17.5. The number of nitrogens with one attached hydrogen (secondary N) is 2. The van der Waals surface area contributed by atoms with Crippen molar-refractivity contribution in [2.75, 3.05) is 12.4 Å². The second-order valence-corrected chi connectivity index (χ2v) is 6.78. The molecule has 0 bridgehead atoms. The lowest BCUT2D eigenvalue weighted by molar-refractivity contribution is 0.0845. The van der Waals surface area contributed by atoms with Crippen molar-refractivity contribution in [3.05, 3.63) is 65.7 Å². The molecule has 0 aromatic heterocycles. The molecule has 1 saturated heterocycles. The van der Waals surface area contributed by atoms with Crippen LogP contribution in [0.1, 0.15) is 33.6 Å². The summed E-state index contributed by atoms with van der Waals surface area (Å²) in [4.78, 5) is 25.3. The molecule has 3 rings (SSSR count). The van der Waals surface area contributed by atoms with E-state index in [1.54, 1.807) is 42.1 Å². The number of ether oxygens (including phenoxy) is 1. The predicted octanol–water partition coefficient (Wildman–Crippen LogP) is 3.03. The van der Waals surface area contributed by atoms with Crippen molar-refractivity contribution in [2.45, 2.75) is 23.8 Å². The van der Waals surface area contributed by atoms with Gasteiger partial charge in [-0.3, -0.25) is 20.4 Å². The zero-order chi connectivity index (χ0) is 17.5. The van der Waals surface area contributed by atoms with Gasteiger partial charge in [-0.25, -0.2) is 0 Å². The molecule has 25 heavy (non-hydrogen) atoms. The normalized spacial score (nSPS) is 16.4. The Bertz CT molecular complexity index is 730. The molecule has 6 heteroatoms. The minimum atomic E-state index is -0.349. The third-order valence-electron chi connectivity index (χ3n) is 3.91. The Morgan fingerprint density at radius 3 is 2.48 bits per heavy atom. The molecule has 1 fully saturated rings. The van der Waals surface area contributed by atoms with Gasteiger partial charge in [-0.2, -0.15) is 0 Å². The number of rotatable bonds is 5. The monoisotopic (exact) mass is 356 g/mol. The van der Waals surface area contributed by atoms with Crippen molar-refractivity contribution in [1.29, 1.82) is 0 Å². The Balaban J connectivity index is 1.58. The maximum absolute atomic E-state index is 12.4. The molecule has 2 N–H and O–H groups in total. The van der Waals surface area contributed by atoms with E-state index in [4.69, 9.17) is 4.74 Å². The Hall–Kier alpha value is -2.31. The summed E-state index contributed by atoms with van der Waals surface area (Å²) in [5, 5.41) is 0. The summed E-state index contributed by atoms with van der Waals surface area (Å²) in [6, 6.07) is 16.1. The highest BCUT2D eigenvalue weighted by molar-refractivity contribution is 7.99. The van der Waals surface area contributed by atoms with Gasteiger partial charge in [0, 0.05) is 22.8 Å². The molecule has 0 radical (unpaired) electrons. The number of benzene rings is 2. The van der Waals surface area contributed by atoms with Gasteiger partial charge in [0.15, 0.2) is 0 Å². The van der Waals surface area contributed by atoms with Gasteiger partial charge in [0.1, 0.15) is 0 Å². The van der Waals surface area contributed by atoms with Crippen LogP contribution in [-0.2, 0) is 4.74 Å². The van der Waals surface area contributed by atoms with E-state index in [2.05, 4.69) is 10.9 Å². The lowest BCUT2D eigenvalue weighted by Gasteiger charge is -2.13. The second-order valence-electron chi connectivity index (χ2n) is 5.72. The molecule has 5 nitrogen and oxygen atoms in total. The largest absolute Gasteiger partial charge is 0.377 e. The van der Waals surface area contributed by atoms with E-state index in [9.17, 15) is 9.59 Å². The van der Waals surface area contributed by atoms with Crippen LogP contribution >= 0.6 is 11.8 Å². The smallest absolute Gasteiger partial charge is 0.270 e. The molecule has 1 aliphatic rings. The van der Waals surface area contributed by atoms with Crippen LogP contribution in [0, 0.1) is 0 Å². The van der Waals surface area contributed by atoms with E-state index < -0.39 is 0 Å². The van der Waals surface area contributed by atoms with Crippen molar-refractivity contribution in [3.63, 3.8) is 0 Å². The Kier molecular flexibility index (Phi) is 6.09. The molecule has 2 aromatic carbocycles. The van der Waals surface area contributed by atoms with E-state index >= 15 is 0 Å². The first-order chi connectivity index (χ1) is 12.2. The number of hydrazine groups is 1. The van der Waals surface area contributed by atoms with Gasteiger partial charge in [-0.05, 0) is 37.1 Å². The molecule has 0 spiro atoms. The fraction of sp³-hybridized carbons (Fsp3) is 0.263. The third-order valence-corrected chi connectivity index (χ3v) is 5.11. The minimum absolute atomic E-state index is 0.249. The second kappa shape index (κ2) is 8.69. The standard InChI is InChI=1S/C19H20N2O3S/c22-18(14-7-2-1-3-8-14)20-21-19(23)16-10-4-5-11-17(16)25-13-15-9-6-12-24-15/h1-5,7-8,10-11,15H,6,9,12-13H2,(H,20,22)(H,21,23). The summed E-state index contributed by atoms with van der Waals surface area (Å²) in [7, 11) is 0. The average Bonchev–Trinajstić information content (AvgIpc) is 3.18. The first-order valence-corrected chi connectivity index (χ1v) is 9.22. The van der Waals surface area contributed by atoms with Crippen LogP contribution < -0.4 is 10.9 Å². The lowest BCUT2D eigenvalue weighted by Crippen LogP contribution is -2.41. The van der Waals surface area contributed by atoms with Gasteiger partial charge in [0.2, 0.25) is 0 Å². The molecule has 0 saturated carbocycles. The molecule has 1 unspecified atom stereocenters. The van der Waals surface area contributed by atoms with Gasteiger partial charge >= 0.3 is 0 Å². The third kappa shape index (κ3) is 4.84. The number of hydrogen-bond acceptors (Lipinski definition) is 4. The molecular formula is C19H20N2O3S. The number of carbonyl (C=O) groups excluding carboxylic acids is 2. The van der Waals surface area contributed by atoms with Crippen LogP contribution in [0.4, 0.5) is 0 Å². The number of carbonyl (C=O) groups is 2. The summed E-state index contributed by atoms with van der Waals surface area (Å²) in [5.41, 5.74) is 5.96. The van der Waals surface area contributed by atoms with Crippen molar-refractivity contribution in [1.82, 2.24) is 10.9 Å². The summed E-state index contributed by atoms with van der Waals surface area (Å²) in [5.74, 6) is 0.138. The molecule has 0 aliphatic carbocycles. The fourth-order valence-corrected chi connectivity index (χ4v) is 3.70. The molecule has 2 amide bonds. The van der Waals surface area contributed by atoms with Crippen molar-refractivity contribution >= 4 is 23.6 Å². The van der Waals surface area contributed by atoms with Crippen LogP contribution in [0.15, 0.2) is 59.5 Å². The first-order valence-electron chi connectivity index (χ1n) is 8.23. The topological polar surface area (TPSA) is 67.4 Å². The van der Waals surface area contributed by atoms with Crippen LogP contribution in [-0.4, -0.2) is 30.3 Å². The quantitative estimate of drug-likeness (QED) is 0.638. The number of hydrogen-bond donors (Lipinski definition) is 2. The van der Waals surface area contributed by atoms with Crippen LogP contribution in [0.25, 0.3) is 0 Å².